The highest BCUT2D eigenvalue weighted by Gasteiger charge is 2.29. The summed E-state index contributed by atoms with van der Waals surface area (Å²) in [6.07, 6.45) is -0.687. The number of alkyl halides is 3. The maximum Gasteiger partial charge on any atom is 0.422 e. The van der Waals surface area contributed by atoms with Crippen molar-refractivity contribution in [1.82, 2.24) is 15.3 Å². The Hall–Kier alpha value is -3.46. The molecule has 0 aliphatic heterocycles. The van der Waals surface area contributed by atoms with Crippen molar-refractivity contribution >= 4 is 23.3 Å². The highest BCUT2D eigenvalue weighted by molar-refractivity contribution is 6.30. The van der Waals surface area contributed by atoms with Crippen LogP contribution in [-0.4, -0.2) is 41.5 Å². The smallest absolute Gasteiger partial charge is 0.422 e. The third kappa shape index (κ3) is 6.04. The molecule has 6 nitrogen and oxygen atoms in total. The average Bonchev–Trinajstić information content (AvgIpc) is 2.77. The standard InChI is InChI=1S/C22H17ClF3N3O3/c1-27-20(31)16-8-15(10-28-11-16)19(30)7-13-6-18(14-2-4-17(23)5-3-14)21(29-9-13)32-12-22(24,25)26/h2-6,8-11H,7,12H2,1H3,(H,27,31). The normalized spacial score (nSPS) is 11.2. The van der Waals surface area contributed by atoms with Crippen LogP contribution in [0.4, 0.5) is 13.2 Å². The van der Waals surface area contributed by atoms with Crippen LogP contribution in [-0.2, 0) is 6.42 Å². The van der Waals surface area contributed by atoms with Gasteiger partial charge in [0.1, 0.15) is 0 Å². The van der Waals surface area contributed by atoms with Crippen LogP contribution in [0.3, 0.4) is 0 Å². The molecule has 10 heteroatoms. The Labute approximate surface area is 186 Å². The first kappa shape index (κ1) is 23.2. The Morgan fingerprint density at radius 1 is 1.06 bits per heavy atom. The molecular formula is C22H17ClF3N3O3. The third-order valence-corrected chi connectivity index (χ3v) is 4.60. The summed E-state index contributed by atoms with van der Waals surface area (Å²) < 4.78 is 42.8. The van der Waals surface area contributed by atoms with Crippen molar-refractivity contribution in [2.75, 3.05) is 13.7 Å². The second-order valence-corrected chi connectivity index (χ2v) is 7.18. The fourth-order valence-corrected chi connectivity index (χ4v) is 2.97. The fourth-order valence-electron chi connectivity index (χ4n) is 2.84. The van der Waals surface area contributed by atoms with Crippen molar-refractivity contribution < 1.29 is 27.5 Å². The lowest BCUT2D eigenvalue weighted by atomic mass is 10.0. The third-order valence-electron chi connectivity index (χ3n) is 4.35. The number of pyridine rings is 2. The van der Waals surface area contributed by atoms with Gasteiger partial charge in [0, 0.05) is 48.2 Å². The number of halogens is 4. The molecule has 1 N–H and O–H groups in total. The number of amides is 1. The van der Waals surface area contributed by atoms with Crippen molar-refractivity contribution in [3.8, 4) is 17.0 Å². The van der Waals surface area contributed by atoms with Gasteiger partial charge >= 0.3 is 6.18 Å². The lowest BCUT2D eigenvalue weighted by molar-refractivity contribution is -0.154. The van der Waals surface area contributed by atoms with Gasteiger partial charge in [0.25, 0.3) is 5.91 Å². The van der Waals surface area contributed by atoms with E-state index >= 15 is 0 Å². The maximum atomic E-state index is 12.7. The molecule has 0 spiro atoms. The molecule has 2 heterocycles. The molecule has 0 atom stereocenters. The van der Waals surface area contributed by atoms with Crippen LogP contribution in [0, 0.1) is 0 Å². The quantitative estimate of drug-likeness (QED) is 0.521. The number of ketones is 1. The Morgan fingerprint density at radius 2 is 1.75 bits per heavy atom. The second-order valence-electron chi connectivity index (χ2n) is 6.75. The molecule has 2 aromatic heterocycles. The summed E-state index contributed by atoms with van der Waals surface area (Å²) in [5, 5.41) is 2.90. The number of ether oxygens (including phenoxy) is 1. The first-order valence-electron chi connectivity index (χ1n) is 9.31. The monoisotopic (exact) mass is 463 g/mol. The summed E-state index contributed by atoms with van der Waals surface area (Å²) in [7, 11) is 1.46. The number of hydrogen-bond acceptors (Lipinski definition) is 5. The van der Waals surface area contributed by atoms with Crippen molar-refractivity contribution in [3.05, 3.63) is 76.7 Å². The highest BCUT2D eigenvalue weighted by atomic mass is 35.5. The van der Waals surface area contributed by atoms with Crippen molar-refractivity contribution in [3.63, 3.8) is 0 Å². The summed E-state index contributed by atoms with van der Waals surface area (Å²) in [6, 6.07) is 9.35. The van der Waals surface area contributed by atoms with Gasteiger partial charge in [0.05, 0.1) is 5.56 Å². The lowest BCUT2D eigenvalue weighted by Crippen LogP contribution is -2.20. The minimum absolute atomic E-state index is 0.105. The molecule has 0 aliphatic rings. The largest absolute Gasteiger partial charge is 0.468 e. The molecule has 0 bridgehead atoms. The number of benzene rings is 1. The molecule has 0 saturated carbocycles. The average molecular weight is 464 g/mol. The van der Waals surface area contributed by atoms with Crippen LogP contribution in [0.1, 0.15) is 26.3 Å². The van der Waals surface area contributed by atoms with Crippen molar-refractivity contribution in [2.24, 2.45) is 0 Å². The van der Waals surface area contributed by atoms with Gasteiger partial charge in [-0.2, -0.15) is 13.2 Å². The zero-order chi connectivity index (χ0) is 23.3. The molecule has 0 fully saturated rings. The van der Waals surface area contributed by atoms with E-state index in [2.05, 4.69) is 15.3 Å². The summed E-state index contributed by atoms with van der Waals surface area (Å²) in [5.41, 5.74) is 1.71. The number of carbonyl (C=O) groups excluding carboxylic acids is 2. The van der Waals surface area contributed by atoms with Crippen molar-refractivity contribution in [1.29, 1.82) is 0 Å². The Bertz CT molecular complexity index is 1140. The zero-order valence-electron chi connectivity index (χ0n) is 16.7. The molecule has 0 aliphatic carbocycles. The molecule has 0 radical (unpaired) electrons. The molecule has 32 heavy (non-hydrogen) atoms. The number of nitrogens with one attached hydrogen (secondary N) is 1. The number of carbonyl (C=O) groups is 2. The van der Waals surface area contributed by atoms with Crippen LogP contribution in [0.2, 0.25) is 5.02 Å². The predicted molar refractivity (Wildman–Crippen MR) is 112 cm³/mol. The van der Waals surface area contributed by atoms with Crippen molar-refractivity contribution in [2.45, 2.75) is 12.6 Å². The van der Waals surface area contributed by atoms with Gasteiger partial charge in [-0.05, 0) is 35.4 Å². The van der Waals surface area contributed by atoms with Gasteiger partial charge in [0.15, 0.2) is 12.4 Å². The number of hydrogen-bond donors (Lipinski definition) is 1. The van der Waals surface area contributed by atoms with Crippen LogP contribution in [0.25, 0.3) is 11.1 Å². The fraction of sp³-hybridized carbons (Fsp3) is 0.182. The molecule has 0 unspecified atom stereocenters. The maximum absolute atomic E-state index is 12.7. The van der Waals surface area contributed by atoms with Gasteiger partial charge in [-0.15, -0.1) is 0 Å². The molecule has 3 aromatic rings. The molecule has 0 saturated heterocycles. The lowest BCUT2D eigenvalue weighted by Gasteiger charge is -2.14. The summed E-state index contributed by atoms with van der Waals surface area (Å²) >= 11 is 5.90. The van der Waals surface area contributed by atoms with Gasteiger partial charge in [0.2, 0.25) is 5.88 Å². The number of aromatic nitrogens is 2. The van der Waals surface area contributed by atoms with Crippen LogP contribution in [0.5, 0.6) is 5.88 Å². The first-order valence-corrected chi connectivity index (χ1v) is 9.69. The molecule has 166 valence electrons. The Kier molecular flexibility index (Phi) is 7.09. The van der Waals surface area contributed by atoms with Gasteiger partial charge < -0.3 is 10.1 Å². The minimum atomic E-state index is -4.53. The second kappa shape index (κ2) is 9.78. The van der Waals surface area contributed by atoms with E-state index in [9.17, 15) is 22.8 Å². The van der Waals surface area contributed by atoms with Crippen LogP contribution >= 0.6 is 11.6 Å². The molecule has 1 amide bonds. The number of rotatable bonds is 7. The molecule has 3 rings (SSSR count). The molecule has 1 aromatic carbocycles. The van der Waals surface area contributed by atoms with Crippen LogP contribution in [0.15, 0.2) is 55.0 Å². The zero-order valence-corrected chi connectivity index (χ0v) is 17.5. The highest BCUT2D eigenvalue weighted by Crippen LogP contribution is 2.31. The Balaban J connectivity index is 1.90. The minimum Gasteiger partial charge on any atom is -0.468 e. The van der Waals surface area contributed by atoms with Gasteiger partial charge in [-0.1, -0.05) is 23.7 Å². The van der Waals surface area contributed by atoms with E-state index in [0.717, 1.165) is 0 Å². The van der Waals surface area contributed by atoms with E-state index in [4.69, 9.17) is 16.3 Å². The predicted octanol–water partition coefficient (Wildman–Crippen LogP) is 4.52. The van der Waals surface area contributed by atoms with Gasteiger partial charge in [-0.3, -0.25) is 14.6 Å². The SMILES string of the molecule is CNC(=O)c1cncc(C(=O)Cc2cnc(OCC(F)(F)F)c(-c3ccc(Cl)cc3)c2)c1. The van der Waals surface area contributed by atoms with E-state index < -0.39 is 12.8 Å². The van der Waals surface area contributed by atoms with E-state index in [1.807, 2.05) is 0 Å². The summed E-state index contributed by atoms with van der Waals surface area (Å²) in [5.74, 6) is -0.940. The number of Topliss-reactive ketones (excluding diaryl/α,β-unsaturated/α-hetero) is 1. The van der Waals surface area contributed by atoms with Gasteiger partial charge in [-0.25, -0.2) is 4.98 Å². The summed E-state index contributed by atoms with van der Waals surface area (Å²) in [6.45, 7) is -1.50. The van der Waals surface area contributed by atoms with E-state index in [1.54, 1.807) is 24.3 Å². The number of nitrogens with zero attached hydrogens (tertiary/aromatic N) is 2. The Morgan fingerprint density at radius 3 is 2.41 bits per heavy atom. The van der Waals surface area contributed by atoms with E-state index in [-0.39, 0.29) is 40.7 Å². The van der Waals surface area contributed by atoms with E-state index in [0.29, 0.717) is 16.1 Å². The topological polar surface area (TPSA) is 81.2 Å². The molecular weight excluding hydrogens is 447 g/mol. The first-order chi connectivity index (χ1) is 15.2. The van der Waals surface area contributed by atoms with Crippen LogP contribution < -0.4 is 10.1 Å². The summed E-state index contributed by atoms with van der Waals surface area (Å²) in [4.78, 5) is 32.4. The van der Waals surface area contributed by atoms with E-state index in [1.165, 1.54) is 37.8 Å².